The van der Waals surface area contributed by atoms with Crippen LogP contribution in [0.25, 0.3) is 0 Å². The van der Waals surface area contributed by atoms with Crippen molar-refractivity contribution in [1.29, 1.82) is 0 Å². The van der Waals surface area contributed by atoms with Gasteiger partial charge in [-0.15, -0.1) is 6.42 Å². The molecular formula is C18H25N. The predicted octanol–water partition coefficient (Wildman–Crippen LogP) is 4.10. The van der Waals surface area contributed by atoms with Crippen molar-refractivity contribution in [3.8, 4) is 12.3 Å². The lowest BCUT2D eigenvalue weighted by Gasteiger charge is -2.31. The molecule has 1 fully saturated rings. The summed E-state index contributed by atoms with van der Waals surface area (Å²) in [5.41, 5.74) is 1.50. The Bertz CT molecular complexity index is 395. The Morgan fingerprint density at radius 2 is 1.89 bits per heavy atom. The molecule has 0 saturated heterocycles. The quantitative estimate of drug-likeness (QED) is 0.781. The van der Waals surface area contributed by atoms with Crippen LogP contribution in [0, 0.1) is 12.3 Å². The van der Waals surface area contributed by atoms with Crippen LogP contribution in [-0.4, -0.2) is 12.1 Å². The molecule has 2 rings (SSSR count). The van der Waals surface area contributed by atoms with Gasteiger partial charge in [-0.05, 0) is 43.6 Å². The summed E-state index contributed by atoms with van der Waals surface area (Å²) in [5, 5.41) is 3.64. The van der Waals surface area contributed by atoms with E-state index < -0.39 is 0 Å². The fraction of sp³-hybridized carbons (Fsp3) is 0.556. The van der Waals surface area contributed by atoms with Gasteiger partial charge in [0.25, 0.3) is 0 Å². The predicted molar refractivity (Wildman–Crippen MR) is 82.1 cm³/mol. The Balaban J connectivity index is 1.81. The van der Waals surface area contributed by atoms with Crippen molar-refractivity contribution in [2.24, 2.45) is 0 Å². The van der Waals surface area contributed by atoms with Crippen LogP contribution in [0.2, 0.25) is 0 Å². The smallest absolute Gasteiger partial charge is 0.0688 e. The number of rotatable bonds is 5. The monoisotopic (exact) mass is 255 g/mol. The van der Waals surface area contributed by atoms with Gasteiger partial charge in [-0.3, -0.25) is 0 Å². The van der Waals surface area contributed by atoms with Crippen LogP contribution in [0.15, 0.2) is 30.3 Å². The minimum atomic E-state index is 0.267. The molecule has 1 saturated carbocycles. The van der Waals surface area contributed by atoms with Crippen LogP contribution >= 0.6 is 0 Å². The van der Waals surface area contributed by atoms with Crippen LogP contribution in [0.3, 0.4) is 0 Å². The second kappa shape index (κ2) is 7.36. The average molecular weight is 255 g/mol. The Labute approximate surface area is 117 Å². The van der Waals surface area contributed by atoms with Gasteiger partial charge in [0.1, 0.15) is 0 Å². The first-order valence-corrected chi connectivity index (χ1v) is 7.60. The third-order valence-electron chi connectivity index (χ3n) is 4.21. The normalized spacial score (nSPS) is 24.6. The molecule has 1 aliphatic rings. The van der Waals surface area contributed by atoms with E-state index in [2.05, 4.69) is 48.5 Å². The van der Waals surface area contributed by atoms with Gasteiger partial charge in [0.2, 0.25) is 0 Å². The van der Waals surface area contributed by atoms with E-state index in [-0.39, 0.29) is 6.04 Å². The van der Waals surface area contributed by atoms with Crippen molar-refractivity contribution >= 4 is 0 Å². The third-order valence-corrected chi connectivity index (χ3v) is 4.21. The minimum absolute atomic E-state index is 0.267. The van der Waals surface area contributed by atoms with Crippen LogP contribution in [0.5, 0.6) is 0 Å². The molecule has 0 aliphatic heterocycles. The summed E-state index contributed by atoms with van der Waals surface area (Å²) in [7, 11) is 0. The molecule has 1 aromatic rings. The molecule has 0 spiro atoms. The average Bonchev–Trinajstić information content (AvgIpc) is 2.48. The van der Waals surface area contributed by atoms with Gasteiger partial charge in [-0.25, -0.2) is 0 Å². The van der Waals surface area contributed by atoms with E-state index in [1.807, 2.05) is 0 Å². The van der Waals surface area contributed by atoms with Gasteiger partial charge in [0.15, 0.2) is 0 Å². The topological polar surface area (TPSA) is 12.0 Å². The lowest BCUT2D eigenvalue weighted by Crippen LogP contribution is -2.39. The zero-order valence-electron chi connectivity index (χ0n) is 11.9. The highest BCUT2D eigenvalue weighted by molar-refractivity contribution is 5.20. The van der Waals surface area contributed by atoms with Crippen LogP contribution in [0.1, 0.15) is 56.9 Å². The molecule has 0 radical (unpaired) electrons. The molecule has 1 aliphatic carbocycles. The number of benzene rings is 1. The van der Waals surface area contributed by atoms with E-state index in [9.17, 15) is 0 Å². The van der Waals surface area contributed by atoms with Crippen molar-refractivity contribution in [2.75, 3.05) is 0 Å². The maximum Gasteiger partial charge on any atom is 0.0688 e. The molecule has 1 aromatic carbocycles. The standard InChI is InChI=1S/C18H25N/c1-3-8-17(4-2)19-18-13-11-16(12-14-18)15-9-6-5-7-10-15/h2,5-7,9-10,16-19H,3,8,11-14H2,1H3. The van der Waals surface area contributed by atoms with E-state index in [0.717, 1.165) is 18.8 Å². The zero-order valence-corrected chi connectivity index (χ0v) is 11.9. The second-order valence-electron chi connectivity index (χ2n) is 5.63. The number of hydrogen-bond acceptors (Lipinski definition) is 1. The maximum absolute atomic E-state index is 5.58. The molecular weight excluding hydrogens is 230 g/mol. The Morgan fingerprint density at radius 1 is 1.21 bits per heavy atom. The molecule has 0 heterocycles. The van der Waals surface area contributed by atoms with Gasteiger partial charge in [0.05, 0.1) is 6.04 Å². The molecule has 19 heavy (non-hydrogen) atoms. The van der Waals surface area contributed by atoms with Crippen LogP contribution in [0.4, 0.5) is 0 Å². The molecule has 102 valence electrons. The highest BCUT2D eigenvalue weighted by atomic mass is 14.9. The summed E-state index contributed by atoms with van der Waals surface area (Å²) in [6.07, 6.45) is 12.9. The van der Waals surface area contributed by atoms with Gasteiger partial charge >= 0.3 is 0 Å². The van der Waals surface area contributed by atoms with Crippen LogP contribution < -0.4 is 5.32 Å². The molecule has 1 N–H and O–H groups in total. The van der Waals surface area contributed by atoms with E-state index in [1.54, 1.807) is 0 Å². The van der Waals surface area contributed by atoms with Crippen molar-refractivity contribution in [3.05, 3.63) is 35.9 Å². The summed E-state index contributed by atoms with van der Waals surface area (Å²) in [6, 6.07) is 11.8. The van der Waals surface area contributed by atoms with Gasteiger partial charge in [-0.1, -0.05) is 49.6 Å². The number of terminal acetylenes is 1. The summed E-state index contributed by atoms with van der Waals surface area (Å²) in [5.74, 6) is 3.63. The van der Waals surface area contributed by atoms with E-state index >= 15 is 0 Å². The van der Waals surface area contributed by atoms with Crippen LogP contribution in [-0.2, 0) is 0 Å². The van der Waals surface area contributed by atoms with Gasteiger partial charge in [0, 0.05) is 6.04 Å². The lowest BCUT2D eigenvalue weighted by molar-refractivity contribution is 0.326. The van der Waals surface area contributed by atoms with Gasteiger partial charge in [-0.2, -0.15) is 0 Å². The SMILES string of the molecule is C#CC(CCC)NC1CCC(c2ccccc2)CC1. The van der Waals surface area contributed by atoms with E-state index in [0.29, 0.717) is 6.04 Å². The highest BCUT2D eigenvalue weighted by Gasteiger charge is 2.23. The van der Waals surface area contributed by atoms with Crippen molar-refractivity contribution in [2.45, 2.75) is 63.5 Å². The van der Waals surface area contributed by atoms with Crippen molar-refractivity contribution in [3.63, 3.8) is 0 Å². The summed E-state index contributed by atoms with van der Waals surface area (Å²) in [4.78, 5) is 0. The fourth-order valence-electron chi connectivity index (χ4n) is 3.11. The van der Waals surface area contributed by atoms with E-state index in [4.69, 9.17) is 6.42 Å². The number of hydrogen-bond donors (Lipinski definition) is 1. The Hall–Kier alpha value is -1.26. The minimum Gasteiger partial charge on any atom is -0.301 e. The Morgan fingerprint density at radius 3 is 2.47 bits per heavy atom. The molecule has 0 aromatic heterocycles. The first kappa shape index (κ1) is 14.2. The first-order valence-electron chi connectivity index (χ1n) is 7.60. The second-order valence-corrected chi connectivity index (χ2v) is 5.63. The molecule has 1 heteroatoms. The molecule has 1 atom stereocenters. The Kier molecular flexibility index (Phi) is 5.48. The fourth-order valence-corrected chi connectivity index (χ4v) is 3.11. The molecule has 0 bridgehead atoms. The zero-order chi connectivity index (χ0) is 13.5. The maximum atomic E-state index is 5.58. The molecule has 0 amide bonds. The molecule has 1 unspecified atom stereocenters. The van der Waals surface area contributed by atoms with Crippen molar-refractivity contribution < 1.29 is 0 Å². The molecule has 1 nitrogen and oxygen atoms in total. The summed E-state index contributed by atoms with van der Waals surface area (Å²) in [6.45, 7) is 2.19. The summed E-state index contributed by atoms with van der Waals surface area (Å²) >= 11 is 0. The van der Waals surface area contributed by atoms with Crippen molar-refractivity contribution in [1.82, 2.24) is 5.32 Å². The lowest BCUT2D eigenvalue weighted by atomic mass is 9.81. The highest BCUT2D eigenvalue weighted by Crippen LogP contribution is 2.32. The first-order chi connectivity index (χ1) is 9.33. The number of nitrogens with one attached hydrogen (secondary N) is 1. The summed E-state index contributed by atoms with van der Waals surface area (Å²) < 4.78 is 0. The van der Waals surface area contributed by atoms with Gasteiger partial charge < -0.3 is 5.32 Å². The largest absolute Gasteiger partial charge is 0.301 e. The van der Waals surface area contributed by atoms with E-state index in [1.165, 1.54) is 31.2 Å². The third kappa shape index (κ3) is 4.11.